The highest BCUT2D eigenvalue weighted by molar-refractivity contribution is 6.33. The molecule has 0 fully saturated rings. The van der Waals surface area contributed by atoms with Gasteiger partial charge in [0.05, 0.1) is 28.5 Å². The molecule has 0 saturated carbocycles. The second kappa shape index (κ2) is 7.66. The molecule has 1 aromatic heterocycles. The van der Waals surface area contributed by atoms with E-state index in [1.165, 1.54) is 18.4 Å². The molecule has 0 amide bonds. The van der Waals surface area contributed by atoms with Gasteiger partial charge in [0.15, 0.2) is 0 Å². The third-order valence-electron chi connectivity index (χ3n) is 3.56. The Morgan fingerprint density at radius 1 is 1.04 bits per heavy atom. The average molecular weight is 379 g/mol. The van der Waals surface area contributed by atoms with Gasteiger partial charge in [0.1, 0.15) is 6.26 Å². The van der Waals surface area contributed by atoms with Crippen molar-refractivity contribution in [2.45, 2.75) is 12.7 Å². The fourth-order valence-electron chi connectivity index (χ4n) is 2.22. The summed E-state index contributed by atoms with van der Waals surface area (Å²) in [6, 6.07) is 12.2. The summed E-state index contributed by atoms with van der Waals surface area (Å²) in [4.78, 5) is 4.29. The molecule has 0 atom stereocenters. The van der Waals surface area contributed by atoms with E-state index in [1.54, 1.807) is 18.2 Å². The minimum absolute atomic E-state index is 0.362. The van der Waals surface area contributed by atoms with Gasteiger partial charge in [-0.05, 0) is 35.9 Å². The van der Waals surface area contributed by atoms with E-state index in [0.29, 0.717) is 28.7 Å². The third-order valence-corrected chi connectivity index (χ3v) is 3.89. The number of nitrogens with zero attached hydrogens (tertiary/aromatic N) is 1. The smallest absolute Gasteiger partial charge is 0.416 e. The number of anilines is 1. The normalized spacial score (nSPS) is 11.8. The lowest BCUT2D eigenvalue weighted by molar-refractivity contribution is -0.137. The van der Waals surface area contributed by atoms with E-state index in [4.69, 9.17) is 16.0 Å². The fourth-order valence-corrected chi connectivity index (χ4v) is 2.42. The number of aromatic nitrogens is 1. The number of halogens is 4. The van der Waals surface area contributed by atoms with E-state index in [2.05, 4.69) is 10.3 Å². The SMILES string of the molecule is FC(F)(F)c1ccc(/C=C/c2nc(CNc3ccccc3Cl)co2)cc1. The molecular formula is C19H14ClF3N2O. The Morgan fingerprint density at radius 2 is 1.77 bits per heavy atom. The van der Waals surface area contributed by atoms with Gasteiger partial charge in [0, 0.05) is 6.08 Å². The van der Waals surface area contributed by atoms with E-state index >= 15 is 0 Å². The van der Waals surface area contributed by atoms with Crippen LogP contribution in [0, 0.1) is 0 Å². The zero-order chi connectivity index (χ0) is 18.6. The standard InChI is InChI=1S/C19H14ClF3N2O/c20-16-3-1-2-4-17(16)24-11-15-12-26-18(25-15)10-7-13-5-8-14(9-6-13)19(21,22)23/h1-10,12,24H,11H2/b10-7+. The highest BCUT2D eigenvalue weighted by Crippen LogP contribution is 2.29. The summed E-state index contributed by atoms with van der Waals surface area (Å²) in [6.07, 6.45) is 0.406. The van der Waals surface area contributed by atoms with Crippen LogP contribution in [0.2, 0.25) is 5.02 Å². The zero-order valence-electron chi connectivity index (χ0n) is 13.4. The molecule has 0 aliphatic rings. The molecule has 3 nitrogen and oxygen atoms in total. The maximum absolute atomic E-state index is 12.5. The number of rotatable bonds is 5. The molecule has 3 aromatic rings. The van der Waals surface area contributed by atoms with Crippen molar-refractivity contribution >= 4 is 29.4 Å². The summed E-state index contributed by atoms with van der Waals surface area (Å²) in [5, 5.41) is 3.76. The van der Waals surface area contributed by atoms with Crippen LogP contribution in [0.4, 0.5) is 18.9 Å². The summed E-state index contributed by atoms with van der Waals surface area (Å²) < 4.78 is 42.9. The lowest BCUT2D eigenvalue weighted by Gasteiger charge is -2.05. The molecule has 0 aliphatic heterocycles. The minimum Gasteiger partial charge on any atom is -0.445 e. The van der Waals surface area contributed by atoms with Crippen LogP contribution < -0.4 is 5.32 Å². The van der Waals surface area contributed by atoms with Crippen molar-refractivity contribution in [3.63, 3.8) is 0 Å². The lowest BCUT2D eigenvalue weighted by Crippen LogP contribution is -2.03. The van der Waals surface area contributed by atoms with Crippen LogP contribution in [0.1, 0.15) is 22.7 Å². The van der Waals surface area contributed by atoms with Gasteiger partial charge >= 0.3 is 6.18 Å². The largest absolute Gasteiger partial charge is 0.445 e. The van der Waals surface area contributed by atoms with Crippen molar-refractivity contribution in [3.05, 3.63) is 82.5 Å². The van der Waals surface area contributed by atoms with Gasteiger partial charge in [-0.2, -0.15) is 13.2 Å². The van der Waals surface area contributed by atoms with Gasteiger partial charge in [-0.25, -0.2) is 4.98 Å². The predicted molar refractivity (Wildman–Crippen MR) is 95.7 cm³/mol. The van der Waals surface area contributed by atoms with Crippen LogP contribution in [0.5, 0.6) is 0 Å². The summed E-state index contributed by atoms with van der Waals surface area (Å²) in [5.74, 6) is 0.362. The van der Waals surface area contributed by atoms with E-state index < -0.39 is 11.7 Å². The Kier molecular flexibility index (Phi) is 5.32. The first-order valence-corrected chi connectivity index (χ1v) is 8.08. The Morgan fingerprint density at radius 3 is 2.46 bits per heavy atom. The number of alkyl halides is 3. The molecule has 0 radical (unpaired) electrons. The molecule has 7 heteroatoms. The van der Waals surface area contributed by atoms with Gasteiger partial charge < -0.3 is 9.73 Å². The van der Waals surface area contributed by atoms with Crippen LogP contribution >= 0.6 is 11.6 Å². The quantitative estimate of drug-likeness (QED) is 0.580. The number of hydrogen-bond donors (Lipinski definition) is 1. The van der Waals surface area contributed by atoms with Crippen molar-refractivity contribution in [3.8, 4) is 0 Å². The number of hydrogen-bond acceptors (Lipinski definition) is 3. The summed E-state index contributed by atoms with van der Waals surface area (Å²) in [7, 11) is 0. The predicted octanol–water partition coefficient (Wildman–Crippen LogP) is 6.13. The van der Waals surface area contributed by atoms with Gasteiger partial charge in [0.25, 0.3) is 0 Å². The van der Waals surface area contributed by atoms with Crippen molar-refractivity contribution in [1.29, 1.82) is 0 Å². The minimum atomic E-state index is -4.34. The molecule has 1 N–H and O–H groups in total. The van der Waals surface area contributed by atoms with Crippen LogP contribution in [0.15, 0.2) is 59.2 Å². The molecule has 134 valence electrons. The van der Waals surface area contributed by atoms with Crippen LogP contribution in [0.3, 0.4) is 0 Å². The summed E-state index contributed by atoms with van der Waals surface area (Å²) >= 11 is 6.06. The molecular weight excluding hydrogens is 365 g/mol. The second-order valence-electron chi connectivity index (χ2n) is 5.46. The second-order valence-corrected chi connectivity index (χ2v) is 5.87. The van der Waals surface area contributed by atoms with E-state index in [0.717, 1.165) is 17.8 Å². The molecule has 0 unspecified atom stereocenters. The maximum atomic E-state index is 12.5. The maximum Gasteiger partial charge on any atom is 0.416 e. The Labute approximate surface area is 153 Å². The van der Waals surface area contributed by atoms with Crippen molar-refractivity contribution in [2.24, 2.45) is 0 Å². The van der Waals surface area contributed by atoms with Crippen molar-refractivity contribution in [1.82, 2.24) is 4.98 Å². The Bertz CT molecular complexity index is 902. The van der Waals surface area contributed by atoms with Crippen molar-refractivity contribution in [2.75, 3.05) is 5.32 Å². The molecule has 0 spiro atoms. The van der Waals surface area contributed by atoms with Gasteiger partial charge in [0.2, 0.25) is 5.89 Å². The zero-order valence-corrected chi connectivity index (χ0v) is 14.2. The van der Waals surface area contributed by atoms with Crippen molar-refractivity contribution < 1.29 is 17.6 Å². The first-order valence-electron chi connectivity index (χ1n) is 7.70. The Hall–Kier alpha value is -2.73. The van der Waals surface area contributed by atoms with E-state index in [-0.39, 0.29) is 0 Å². The molecule has 2 aromatic carbocycles. The number of oxazole rings is 1. The molecule has 0 bridgehead atoms. The van der Waals surface area contributed by atoms with Gasteiger partial charge in [-0.1, -0.05) is 35.9 Å². The first-order chi connectivity index (χ1) is 12.4. The molecule has 0 saturated heterocycles. The summed E-state index contributed by atoms with van der Waals surface area (Å²) in [6.45, 7) is 0.432. The van der Waals surface area contributed by atoms with E-state index in [9.17, 15) is 13.2 Å². The molecule has 26 heavy (non-hydrogen) atoms. The number of benzene rings is 2. The first kappa shape index (κ1) is 18.1. The van der Waals surface area contributed by atoms with E-state index in [1.807, 2.05) is 18.2 Å². The lowest BCUT2D eigenvalue weighted by atomic mass is 10.1. The number of nitrogens with one attached hydrogen (secondary N) is 1. The highest BCUT2D eigenvalue weighted by Gasteiger charge is 2.29. The van der Waals surface area contributed by atoms with Gasteiger partial charge in [-0.3, -0.25) is 0 Å². The third kappa shape index (κ3) is 4.67. The molecule has 3 rings (SSSR count). The molecule has 0 aliphatic carbocycles. The van der Waals surface area contributed by atoms with Crippen LogP contribution in [-0.2, 0) is 12.7 Å². The average Bonchev–Trinajstić information content (AvgIpc) is 3.07. The van der Waals surface area contributed by atoms with Crippen LogP contribution in [0.25, 0.3) is 12.2 Å². The highest BCUT2D eigenvalue weighted by atomic mass is 35.5. The Balaban J connectivity index is 1.61. The monoisotopic (exact) mass is 378 g/mol. The topological polar surface area (TPSA) is 38.1 Å². The molecule has 1 heterocycles. The van der Waals surface area contributed by atoms with Gasteiger partial charge in [-0.15, -0.1) is 0 Å². The van der Waals surface area contributed by atoms with Crippen LogP contribution in [-0.4, -0.2) is 4.98 Å². The number of para-hydroxylation sites is 1. The fraction of sp³-hybridized carbons (Fsp3) is 0.105. The summed E-state index contributed by atoms with van der Waals surface area (Å²) in [5.41, 5.74) is 1.40.